The van der Waals surface area contributed by atoms with Gasteiger partial charge in [0.15, 0.2) is 5.11 Å². The van der Waals surface area contributed by atoms with Crippen LogP contribution in [-0.4, -0.2) is 5.11 Å². The zero-order valence-corrected chi connectivity index (χ0v) is 13.0. The van der Waals surface area contributed by atoms with E-state index >= 15 is 0 Å². The van der Waals surface area contributed by atoms with E-state index in [0.717, 1.165) is 30.7 Å². The third kappa shape index (κ3) is 3.82. The van der Waals surface area contributed by atoms with E-state index in [2.05, 4.69) is 22.8 Å². The minimum absolute atomic E-state index is 0.350. The first-order chi connectivity index (χ1) is 10.9. The lowest BCUT2D eigenvalue weighted by Gasteiger charge is -2.12. The monoisotopic (exact) mass is 336 g/mol. The molecule has 0 aromatic heterocycles. The average Bonchev–Trinajstić information content (AvgIpc) is 2.94. The highest BCUT2D eigenvalue weighted by molar-refractivity contribution is 7.80. The number of alkyl halides is 3. The fourth-order valence-electron chi connectivity index (χ4n) is 2.69. The summed E-state index contributed by atoms with van der Waals surface area (Å²) in [4.78, 5) is 0. The predicted octanol–water partition coefficient (Wildman–Crippen LogP) is 5.00. The summed E-state index contributed by atoms with van der Waals surface area (Å²) in [6.45, 7) is 0. The molecule has 1 aliphatic rings. The number of hydrogen-bond donors (Lipinski definition) is 2. The molecule has 0 saturated carbocycles. The van der Waals surface area contributed by atoms with Gasteiger partial charge < -0.3 is 10.6 Å². The molecule has 3 rings (SSSR count). The van der Waals surface area contributed by atoms with Crippen LogP contribution < -0.4 is 10.6 Å². The van der Waals surface area contributed by atoms with E-state index in [1.54, 1.807) is 0 Å². The minimum atomic E-state index is -4.33. The van der Waals surface area contributed by atoms with Crippen LogP contribution in [0.2, 0.25) is 0 Å². The molecule has 0 amide bonds. The maximum atomic E-state index is 12.5. The Morgan fingerprint density at radius 3 is 2.17 bits per heavy atom. The number of thiocarbonyl (C=S) groups is 1. The molecule has 0 spiro atoms. The van der Waals surface area contributed by atoms with Crippen LogP contribution in [0.25, 0.3) is 0 Å². The van der Waals surface area contributed by atoms with E-state index in [1.807, 2.05) is 6.07 Å². The molecule has 1 aliphatic carbocycles. The molecule has 2 N–H and O–H groups in total. The molecular weight excluding hydrogens is 321 g/mol. The lowest BCUT2D eigenvalue weighted by Crippen LogP contribution is -2.19. The van der Waals surface area contributed by atoms with Crippen molar-refractivity contribution in [3.63, 3.8) is 0 Å². The number of benzene rings is 2. The molecule has 0 radical (unpaired) electrons. The van der Waals surface area contributed by atoms with Gasteiger partial charge in [-0.2, -0.15) is 13.2 Å². The fraction of sp³-hybridized carbons (Fsp3) is 0.235. The SMILES string of the molecule is FC(F)(F)c1ccc(NC(=S)Nc2ccc3c(c2)CCC3)cc1. The second-order valence-corrected chi connectivity index (χ2v) is 5.90. The largest absolute Gasteiger partial charge is 0.416 e. The number of halogens is 3. The van der Waals surface area contributed by atoms with Crippen LogP contribution in [0.4, 0.5) is 24.5 Å². The van der Waals surface area contributed by atoms with Crippen LogP contribution >= 0.6 is 12.2 Å². The summed E-state index contributed by atoms with van der Waals surface area (Å²) in [5.74, 6) is 0. The van der Waals surface area contributed by atoms with Crippen molar-refractivity contribution < 1.29 is 13.2 Å². The van der Waals surface area contributed by atoms with Gasteiger partial charge in [0.2, 0.25) is 0 Å². The second kappa shape index (κ2) is 6.20. The van der Waals surface area contributed by atoms with Gasteiger partial charge in [0, 0.05) is 11.4 Å². The molecule has 0 unspecified atom stereocenters. The molecule has 0 bridgehead atoms. The van der Waals surface area contributed by atoms with Crippen molar-refractivity contribution in [1.82, 2.24) is 0 Å². The fourth-order valence-corrected chi connectivity index (χ4v) is 2.92. The van der Waals surface area contributed by atoms with E-state index < -0.39 is 11.7 Å². The number of fused-ring (bicyclic) bond motifs is 1. The van der Waals surface area contributed by atoms with Crippen molar-refractivity contribution >= 4 is 28.7 Å². The number of hydrogen-bond acceptors (Lipinski definition) is 1. The average molecular weight is 336 g/mol. The summed E-state index contributed by atoms with van der Waals surface area (Å²) < 4.78 is 37.6. The third-order valence-corrected chi connectivity index (χ3v) is 4.03. The number of rotatable bonds is 2. The van der Waals surface area contributed by atoms with Gasteiger partial charge in [-0.05, 0) is 79.0 Å². The molecule has 0 aliphatic heterocycles. The highest BCUT2D eigenvalue weighted by atomic mass is 32.1. The van der Waals surface area contributed by atoms with Gasteiger partial charge in [0.25, 0.3) is 0 Å². The Hall–Kier alpha value is -2.08. The summed E-state index contributed by atoms with van der Waals surface area (Å²) in [7, 11) is 0. The standard InChI is InChI=1S/C17H15F3N2S/c18-17(19,20)13-5-8-14(9-6-13)21-16(23)22-15-7-4-11-2-1-3-12(11)10-15/h4-10H,1-3H2,(H2,21,22,23). The Bertz CT molecular complexity index is 724. The molecule has 0 heterocycles. The zero-order valence-electron chi connectivity index (χ0n) is 12.2. The molecule has 2 aromatic carbocycles. The molecule has 0 fully saturated rings. The highest BCUT2D eigenvalue weighted by Gasteiger charge is 2.29. The first-order valence-corrected chi connectivity index (χ1v) is 7.70. The minimum Gasteiger partial charge on any atom is -0.332 e. The van der Waals surface area contributed by atoms with E-state index in [0.29, 0.717) is 10.8 Å². The molecule has 120 valence electrons. The van der Waals surface area contributed by atoms with Crippen molar-refractivity contribution in [3.05, 3.63) is 59.2 Å². The molecule has 0 atom stereocenters. The van der Waals surface area contributed by atoms with Crippen molar-refractivity contribution in [1.29, 1.82) is 0 Å². The molecule has 2 aromatic rings. The predicted molar refractivity (Wildman–Crippen MR) is 89.8 cm³/mol. The van der Waals surface area contributed by atoms with Crippen molar-refractivity contribution in [2.45, 2.75) is 25.4 Å². The summed E-state index contributed by atoms with van der Waals surface area (Å²) >= 11 is 5.21. The van der Waals surface area contributed by atoms with Gasteiger partial charge in [-0.1, -0.05) is 6.07 Å². The van der Waals surface area contributed by atoms with E-state index in [-0.39, 0.29) is 0 Å². The third-order valence-electron chi connectivity index (χ3n) is 3.83. The molecular formula is C17H15F3N2S. The quantitative estimate of drug-likeness (QED) is 0.755. The van der Waals surface area contributed by atoms with E-state index in [4.69, 9.17) is 12.2 Å². The Balaban J connectivity index is 1.63. The lowest BCUT2D eigenvalue weighted by atomic mass is 10.1. The summed E-state index contributed by atoms with van der Waals surface area (Å²) in [6, 6.07) is 10.9. The highest BCUT2D eigenvalue weighted by Crippen LogP contribution is 2.30. The summed E-state index contributed by atoms with van der Waals surface area (Å²) in [6.07, 6.45) is -0.970. The zero-order chi connectivity index (χ0) is 16.4. The van der Waals surface area contributed by atoms with Crippen molar-refractivity contribution in [3.8, 4) is 0 Å². The number of aryl methyl sites for hydroxylation is 2. The Morgan fingerprint density at radius 1 is 0.870 bits per heavy atom. The maximum Gasteiger partial charge on any atom is 0.416 e. The van der Waals surface area contributed by atoms with Gasteiger partial charge in [-0.15, -0.1) is 0 Å². The molecule has 0 saturated heterocycles. The Kier molecular flexibility index (Phi) is 4.26. The normalized spacial score (nSPS) is 13.5. The topological polar surface area (TPSA) is 24.1 Å². The maximum absolute atomic E-state index is 12.5. The van der Waals surface area contributed by atoms with Crippen LogP contribution in [0, 0.1) is 0 Å². The summed E-state index contributed by atoms with van der Waals surface area (Å²) in [5.41, 5.74) is 3.41. The van der Waals surface area contributed by atoms with Crippen LogP contribution in [0.5, 0.6) is 0 Å². The van der Waals surface area contributed by atoms with Gasteiger partial charge in [0.1, 0.15) is 0 Å². The second-order valence-electron chi connectivity index (χ2n) is 5.49. The number of anilines is 2. The Labute approximate surface area is 137 Å². The first-order valence-electron chi connectivity index (χ1n) is 7.29. The van der Waals surface area contributed by atoms with Crippen LogP contribution in [0.15, 0.2) is 42.5 Å². The molecule has 23 heavy (non-hydrogen) atoms. The van der Waals surface area contributed by atoms with Crippen LogP contribution in [-0.2, 0) is 19.0 Å². The van der Waals surface area contributed by atoms with E-state index in [1.165, 1.54) is 29.7 Å². The van der Waals surface area contributed by atoms with Gasteiger partial charge in [-0.3, -0.25) is 0 Å². The Morgan fingerprint density at radius 2 is 1.48 bits per heavy atom. The van der Waals surface area contributed by atoms with Gasteiger partial charge in [-0.25, -0.2) is 0 Å². The van der Waals surface area contributed by atoms with Gasteiger partial charge >= 0.3 is 6.18 Å². The van der Waals surface area contributed by atoms with Crippen molar-refractivity contribution in [2.75, 3.05) is 10.6 Å². The van der Waals surface area contributed by atoms with Crippen molar-refractivity contribution in [2.24, 2.45) is 0 Å². The molecule has 6 heteroatoms. The first kappa shape index (κ1) is 15.8. The van der Waals surface area contributed by atoms with Crippen LogP contribution in [0.3, 0.4) is 0 Å². The van der Waals surface area contributed by atoms with E-state index in [9.17, 15) is 13.2 Å². The lowest BCUT2D eigenvalue weighted by molar-refractivity contribution is -0.137. The summed E-state index contributed by atoms with van der Waals surface area (Å²) in [5, 5.41) is 6.30. The smallest absolute Gasteiger partial charge is 0.332 e. The van der Waals surface area contributed by atoms with Crippen LogP contribution in [0.1, 0.15) is 23.1 Å². The number of nitrogens with one attached hydrogen (secondary N) is 2. The van der Waals surface area contributed by atoms with Gasteiger partial charge in [0.05, 0.1) is 5.56 Å². The molecule has 2 nitrogen and oxygen atoms in total.